The predicted molar refractivity (Wildman–Crippen MR) is 47.1 cm³/mol. The highest BCUT2D eigenvalue weighted by Gasteiger charge is 2.41. The number of nitrogens with two attached hydrogens (primary N) is 1. The number of hydrogen-bond acceptors (Lipinski definition) is 1. The molecule has 1 heteroatoms. The Balaban J connectivity index is 2.00. The summed E-state index contributed by atoms with van der Waals surface area (Å²) in [4.78, 5) is 0. The van der Waals surface area contributed by atoms with Crippen LogP contribution in [0.5, 0.6) is 0 Å². The average Bonchev–Trinajstić information content (AvgIpc) is 2.31. The fourth-order valence-electron chi connectivity index (χ4n) is 2.58. The van der Waals surface area contributed by atoms with Gasteiger partial charge in [0.25, 0.3) is 0 Å². The molecule has 11 heavy (non-hydrogen) atoms. The van der Waals surface area contributed by atoms with Crippen LogP contribution in [0.15, 0.2) is 11.6 Å². The monoisotopic (exact) mass is 151 g/mol. The summed E-state index contributed by atoms with van der Waals surface area (Å²) in [5.74, 6) is 2.68. The third-order valence-corrected chi connectivity index (χ3v) is 3.40. The maximum atomic E-state index is 5.65. The third-order valence-electron chi connectivity index (χ3n) is 3.40. The zero-order chi connectivity index (χ0) is 7.84. The molecule has 1 saturated carbocycles. The predicted octanol–water partition coefficient (Wildman–Crippen LogP) is 1.94. The molecule has 0 aromatic heterocycles. The molecule has 2 aliphatic rings. The number of fused-ring (bicyclic) bond motifs is 1. The Bertz CT molecular complexity index is 183. The molecule has 0 aliphatic heterocycles. The summed E-state index contributed by atoms with van der Waals surface area (Å²) in [6.45, 7) is 3.16. The Kier molecular flexibility index (Phi) is 1.76. The molecule has 1 nitrogen and oxygen atoms in total. The summed E-state index contributed by atoms with van der Waals surface area (Å²) in [6.07, 6.45) is 6.51. The van der Waals surface area contributed by atoms with Crippen LogP contribution in [0.25, 0.3) is 0 Å². The molecule has 3 atom stereocenters. The highest BCUT2D eigenvalue weighted by molar-refractivity contribution is 5.19. The Hall–Kier alpha value is -0.300. The molecule has 2 rings (SSSR count). The average molecular weight is 151 g/mol. The van der Waals surface area contributed by atoms with Gasteiger partial charge in [-0.1, -0.05) is 18.6 Å². The van der Waals surface area contributed by atoms with E-state index in [0.29, 0.717) is 0 Å². The fourth-order valence-corrected chi connectivity index (χ4v) is 2.58. The normalized spacial score (nSPS) is 41.3. The maximum absolute atomic E-state index is 5.65. The first-order valence-corrected chi connectivity index (χ1v) is 4.74. The van der Waals surface area contributed by atoms with Crippen molar-refractivity contribution in [3.05, 3.63) is 11.6 Å². The quantitative estimate of drug-likeness (QED) is 0.600. The third kappa shape index (κ3) is 1.02. The summed E-state index contributed by atoms with van der Waals surface area (Å²) >= 11 is 0. The first kappa shape index (κ1) is 7.35. The summed E-state index contributed by atoms with van der Waals surface area (Å²) in [5, 5.41) is 0. The zero-order valence-electron chi connectivity index (χ0n) is 7.22. The van der Waals surface area contributed by atoms with Crippen molar-refractivity contribution in [2.45, 2.75) is 26.2 Å². The van der Waals surface area contributed by atoms with Gasteiger partial charge in [0.15, 0.2) is 0 Å². The van der Waals surface area contributed by atoms with Crippen molar-refractivity contribution in [1.82, 2.24) is 0 Å². The van der Waals surface area contributed by atoms with E-state index in [1.54, 1.807) is 5.57 Å². The van der Waals surface area contributed by atoms with Crippen LogP contribution < -0.4 is 5.73 Å². The van der Waals surface area contributed by atoms with Crippen LogP contribution in [-0.4, -0.2) is 6.54 Å². The van der Waals surface area contributed by atoms with Gasteiger partial charge < -0.3 is 5.73 Å². The van der Waals surface area contributed by atoms with Gasteiger partial charge in [-0.3, -0.25) is 0 Å². The van der Waals surface area contributed by atoms with E-state index in [1.165, 1.54) is 19.3 Å². The lowest BCUT2D eigenvalue weighted by Crippen LogP contribution is -2.37. The van der Waals surface area contributed by atoms with Crippen molar-refractivity contribution < 1.29 is 0 Å². The number of hydrogen-bond donors (Lipinski definition) is 1. The van der Waals surface area contributed by atoms with E-state index in [0.717, 1.165) is 24.3 Å². The number of rotatable bonds is 2. The second-order valence-corrected chi connectivity index (χ2v) is 3.95. The highest BCUT2D eigenvalue weighted by atomic mass is 14.6. The number of allylic oxidation sites excluding steroid dienone is 2. The van der Waals surface area contributed by atoms with Crippen molar-refractivity contribution in [2.75, 3.05) is 6.54 Å². The Morgan fingerprint density at radius 3 is 3.09 bits per heavy atom. The zero-order valence-corrected chi connectivity index (χ0v) is 7.22. The van der Waals surface area contributed by atoms with Crippen molar-refractivity contribution in [1.29, 1.82) is 0 Å². The van der Waals surface area contributed by atoms with Gasteiger partial charge in [0.05, 0.1) is 0 Å². The Morgan fingerprint density at radius 2 is 2.45 bits per heavy atom. The molecular formula is C10H17N. The van der Waals surface area contributed by atoms with E-state index in [1.807, 2.05) is 0 Å². The topological polar surface area (TPSA) is 26.0 Å². The second-order valence-electron chi connectivity index (χ2n) is 3.95. The van der Waals surface area contributed by atoms with Gasteiger partial charge in [0.1, 0.15) is 0 Å². The lowest BCUT2D eigenvalue weighted by atomic mass is 9.66. The van der Waals surface area contributed by atoms with Gasteiger partial charge in [-0.25, -0.2) is 0 Å². The summed E-state index contributed by atoms with van der Waals surface area (Å²) in [6, 6.07) is 0. The standard InChI is InChI=1S/C10H17N/c1-2-7-3-8-5-9(6-11)10(8)4-7/h4,8-10H,2-3,5-6,11H2,1H3/t8-,9+,10+/m0/s1. The van der Waals surface area contributed by atoms with Crippen LogP contribution in [0.3, 0.4) is 0 Å². The van der Waals surface area contributed by atoms with Crippen LogP contribution in [0, 0.1) is 17.8 Å². The van der Waals surface area contributed by atoms with E-state index in [9.17, 15) is 0 Å². The molecule has 0 bridgehead atoms. The second kappa shape index (κ2) is 2.63. The van der Waals surface area contributed by atoms with Crippen molar-refractivity contribution >= 4 is 0 Å². The van der Waals surface area contributed by atoms with E-state index in [4.69, 9.17) is 5.73 Å². The first-order chi connectivity index (χ1) is 5.35. The van der Waals surface area contributed by atoms with Crippen LogP contribution >= 0.6 is 0 Å². The van der Waals surface area contributed by atoms with E-state index in [2.05, 4.69) is 13.0 Å². The molecule has 2 N–H and O–H groups in total. The minimum atomic E-state index is 0.823. The fraction of sp³-hybridized carbons (Fsp3) is 0.800. The smallest absolute Gasteiger partial charge is 0.00430 e. The summed E-state index contributed by atoms with van der Waals surface area (Å²) in [7, 11) is 0. The lowest BCUT2D eigenvalue weighted by molar-refractivity contribution is 0.137. The molecule has 2 aliphatic carbocycles. The van der Waals surface area contributed by atoms with Gasteiger partial charge in [-0.2, -0.15) is 0 Å². The van der Waals surface area contributed by atoms with Gasteiger partial charge in [0.2, 0.25) is 0 Å². The summed E-state index contributed by atoms with van der Waals surface area (Å²) in [5.41, 5.74) is 7.32. The molecular weight excluding hydrogens is 134 g/mol. The van der Waals surface area contributed by atoms with Crippen molar-refractivity contribution in [3.63, 3.8) is 0 Å². The van der Waals surface area contributed by atoms with Gasteiger partial charge in [-0.05, 0) is 43.6 Å². The molecule has 0 amide bonds. The molecule has 0 spiro atoms. The molecule has 0 aromatic rings. The van der Waals surface area contributed by atoms with E-state index in [-0.39, 0.29) is 0 Å². The van der Waals surface area contributed by atoms with E-state index < -0.39 is 0 Å². The summed E-state index contributed by atoms with van der Waals surface area (Å²) < 4.78 is 0. The SMILES string of the molecule is CCC1=C[C@H]2[C@@H](CN)C[C@@H]2C1. The van der Waals surface area contributed by atoms with Crippen LogP contribution in [0.2, 0.25) is 0 Å². The van der Waals surface area contributed by atoms with Crippen LogP contribution in [-0.2, 0) is 0 Å². The molecule has 0 radical (unpaired) electrons. The van der Waals surface area contributed by atoms with Crippen molar-refractivity contribution in [2.24, 2.45) is 23.5 Å². The first-order valence-electron chi connectivity index (χ1n) is 4.74. The largest absolute Gasteiger partial charge is 0.330 e. The van der Waals surface area contributed by atoms with Crippen LogP contribution in [0.4, 0.5) is 0 Å². The van der Waals surface area contributed by atoms with Gasteiger partial charge >= 0.3 is 0 Å². The maximum Gasteiger partial charge on any atom is -0.00430 e. The van der Waals surface area contributed by atoms with E-state index >= 15 is 0 Å². The molecule has 1 fully saturated rings. The minimum Gasteiger partial charge on any atom is -0.330 e. The Morgan fingerprint density at radius 1 is 1.64 bits per heavy atom. The molecule has 0 aromatic carbocycles. The molecule has 0 unspecified atom stereocenters. The molecule has 0 saturated heterocycles. The Labute approximate surface area is 68.7 Å². The molecule has 62 valence electrons. The van der Waals surface area contributed by atoms with Crippen LogP contribution in [0.1, 0.15) is 26.2 Å². The minimum absolute atomic E-state index is 0.823. The highest BCUT2D eigenvalue weighted by Crippen LogP contribution is 2.49. The van der Waals surface area contributed by atoms with Crippen molar-refractivity contribution in [3.8, 4) is 0 Å². The lowest BCUT2D eigenvalue weighted by Gasteiger charge is -2.39. The molecule has 0 heterocycles. The van der Waals surface area contributed by atoms with Gasteiger partial charge in [0, 0.05) is 0 Å². The van der Waals surface area contributed by atoms with Gasteiger partial charge in [-0.15, -0.1) is 0 Å².